The number of hydrogen-bond donors (Lipinski definition) is 1. The van der Waals surface area contributed by atoms with Crippen molar-refractivity contribution in [1.29, 1.82) is 0 Å². The van der Waals surface area contributed by atoms with Gasteiger partial charge in [0.15, 0.2) is 0 Å². The molecule has 1 unspecified atom stereocenters. The van der Waals surface area contributed by atoms with Gasteiger partial charge in [-0.1, -0.05) is 18.2 Å². The van der Waals surface area contributed by atoms with Crippen LogP contribution in [0.2, 0.25) is 0 Å². The summed E-state index contributed by atoms with van der Waals surface area (Å²) in [6, 6.07) is 5.25. The van der Waals surface area contributed by atoms with Crippen LogP contribution in [0.5, 0.6) is 0 Å². The maximum absolute atomic E-state index is 13.0. The quantitative estimate of drug-likeness (QED) is 0.935. The third-order valence-electron chi connectivity index (χ3n) is 3.19. The summed E-state index contributed by atoms with van der Waals surface area (Å²) in [6.45, 7) is 0. The summed E-state index contributed by atoms with van der Waals surface area (Å²) in [5.41, 5.74) is 0.554. The summed E-state index contributed by atoms with van der Waals surface area (Å²) in [5, 5.41) is 6.99. The molecule has 2 aromatic rings. The fraction of sp³-hybridized carbons (Fsp3) is 0.357. The first-order valence-corrected chi connectivity index (χ1v) is 6.22. The lowest BCUT2D eigenvalue weighted by molar-refractivity contribution is -0.138. The van der Waals surface area contributed by atoms with Crippen LogP contribution in [0.4, 0.5) is 13.2 Å². The first kappa shape index (κ1) is 14.6. The molecule has 0 radical (unpaired) electrons. The van der Waals surface area contributed by atoms with E-state index in [1.807, 2.05) is 0 Å². The molecule has 20 heavy (non-hydrogen) atoms. The van der Waals surface area contributed by atoms with Crippen molar-refractivity contribution in [3.63, 3.8) is 0 Å². The number of benzene rings is 1. The molecule has 0 aliphatic rings. The lowest BCUT2D eigenvalue weighted by Crippen LogP contribution is -2.22. The third kappa shape index (κ3) is 3.19. The highest BCUT2D eigenvalue weighted by molar-refractivity contribution is 5.33. The largest absolute Gasteiger partial charge is 0.416 e. The fourth-order valence-electron chi connectivity index (χ4n) is 2.24. The zero-order valence-corrected chi connectivity index (χ0v) is 11.3. The number of likely N-dealkylation sites (N-methyl/N-ethyl adjacent to an activating group) is 1. The van der Waals surface area contributed by atoms with Crippen LogP contribution in [0.3, 0.4) is 0 Å². The number of halogens is 3. The van der Waals surface area contributed by atoms with Crippen LogP contribution in [0, 0.1) is 0 Å². The molecule has 3 nitrogen and oxygen atoms in total. The van der Waals surface area contributed by atoms with E-state index in [0.717, 1.165) is 11.6 Å². The first-order chi connectivity index (χ1) is 9.41. The van der Waals surface area contributed by atoms with Crippen LogP contribution < -0.4 is 5.32 Å². The highest BCUT2D eigenvalue weighted by Crippen LogP contribution is 2.35. The van der Waals surface area contributed by atoms with Crippen molar-refractivity contribution >= 4 is 0 Å². The van der Waals surface area contributed by atoms with Crippen LogP contribution in [0.1, 0.15) is 22.7 Å². The number of alkyl halides is 3. The molecule has 0 fully saturated rings. The summed E-state index contributed by atoms with van der Waals surface area (Å²) in [7, 11) is 3.44. The Kier molecular flexibility index (Phi) is 4.13. The van der Waals surface area contributed by atoms with Gasteiger partial charge in [0.05, 0.1) is 11.8 Å². The van der Waals surface area contributed by atoms with Gasteiger partial charge >= 0.3 is 6.18 Å². The standard InChI is InChI=1S/C14H16F3N3/c1-18-13(7-10-8-19-20(2)9-10)11-5-3-4-6-12(11)14(15,16)17/h3-6,8-9,13,18H,7H2,1-2H3. The van der Waals surface area contributed by atoms with Crippen LogP contribution in [-0.2, 0) is 19.6 Å². The number of rotatable bonds is 4. The highest BCUT2D eigenvalue weighted by Gasteiger charge is 2.34. The first-order valence-electron chi connectivity index (χ1n) is 6.22. The molecule has 2 rings (SSSR count). The highest BCUT2D eigenvalue weighted by atomic mass is 19.4. The number of aromatic nitrogens is 2. The molecule has 1 heterocycles. The van der Waals surface area contributed by atoms with E-state index in [1.165, 1.54) is 12.1 Å². The second kappa shape index (κ2) is 5.66. The molecule has 0 aliphatic heterocycles. The summed E-state index contributed by atoms with van der Waals surface area (Å²) >= 11 is 0. The Labute approximate surface area is 115 Å². The zero-order valence-electron chi connectivity index (χ0n) is 11.3. The Morgan fingerprint density at radius 1 is 1.30 bits per heavy atom. The van der Waals surface area contributed by atoms with Crippen molar-refractivity contribution in [2.45, 2.75) is 18.6 Å². The van der Waals surface area contributed by atoms with Gasteiger partial charge in [0.25, 0.3) is 0 Å². The van der Waals surface area contributed by atoms with Crippen molar-refractivity contribution in [3.05, 3.63) is 53.3 Å². The Morgan fingerprint density at radius 2 is 2.00 bits per heavy atom. The van der Waals surface area contributed by atoms with Gasteiger partial charge in [-0.2, -0.15) is 18.3 Å². The molecule has 0 bridgehead atoms. The van der Waals surface area contributed by atoms with E-state index >= 15 is 0 Å². The lowest BCUT2D eigenvalue weighted by atomic mass is 9.95. The van der Waals surface area contributed by atoms with Crippen molar-refractivity contribution in [1.82, 2.24) is 15.1 Å². The molecular formula is C14H16F3N3. The molecule has 6 heteroatoms. The Bertz CT molecular complexity index is 575. The van der Waals surface area contributed by atoms with E-state index in [4.69, 9.17) is 0 Å². The molecule has 0 saturated heterocycles. The molecule has 108 valence electrons. The number of nitrogens with zero attached hydrogens (tertiary/aromatic N) is 2. The Hall–Kier alpha value is -1.82. The average Bonchev–Trinajstić information content (AvgIpc) is 2.80. The van der Waals surface area contributed by atoms with Crippen LogP contribution in [-0.4, -0.2) is 16.8 Å². The van der Waals surface area contributed by atoms with Crippen LogP contribution in [0.15, 0.2) is 36.7 Å². The van der Waals surface area contributed by atoms with Gasteiger partial charge in [0.2, 0.25) is 0 Å². The van der Waals surface area contributed by atoms with Gasteiger partial charge in [-0.05, 0) is 30.7 Å². The van der Waals surface area contributed by atoms with Gasteiger partial charge < -0.3 is 5.32 Å². The number of nitrogens with one attached hydrogen (secondary N) is 1. The summed E-state index contributed by atoms with van der Waals surface area (Å²) in [6.07, 6.45) is -0.418. The van der Waals surface area contributed by atoms with Gasteiger partial charge in [0, 0.05) is 19.3 Å². The molecule has 1 aromatic heterocycles. The van der Waals surface area contributed by atoms with E-state index in [9.17, 15) is 13.2 Å². The predicted molar refractivity (Wildman–Crippen MR) is 70.2 cm³/mol. The van der Waals surface area contributed by atoms with Crippen LogP contribution >= 0.6 is 0 Å². The second-order valence-electron chi connectivity index (χ2n) is 4.65. The molecule has 0 saturated carbocycles. The normalized spacial score (nSPS) is 13.4. The van der Waals surface area contributed by atoms with Crippen molar-refractivity contribution in [2.24, 2.45) is 7.05 Å². The second-order valence-corrected chi connectivity index (χ2v) is 4.65. The smallest absolute Gasteiger partial charge is 0.313 e. The SMILES string of the molecule is CNC(Cc1cnn(C)c1)c1ccccc1C(F)(F)F. The number of aryl methyl sites for hydroxylation is 1. The summed E-state index contributed by atoms with van der Waals surface area (Å²) < 4.78 is 40.8. The minimum atomic E-state index is -4.35. The van der Waals surface area contributed by atoms with Crippen molar-refractivity contribution in [3.8, 4) is 0 Å². The van der Waals surface area contributed by atoms with E-state index in [1.54, 1.807) is 37.2 Å². The van der Waals surface area contributed by atoms with E-state index in [-0.39, 0.29) is 5.56 Å². The fourth-order valence-corrected chi connectivity index (χ4v) is 2.24. The molecule has 0 aliphatic carbocycles. The predicted octanol–water partition coefficient (Wildman–Crippen LogP) is 2.94. The molecule has 1 aromatic carbocycles. The van der Waals surface area contributed by atoms with E-state index in [2.05, 4.69) is 10.4 Å². The van der Waals surface area contributed by atoms with Gasteiger partial charge in [-0.3, -0.25) is 4.68 Å². The summed E-state index contributed by atoms with van der Waals surface area (Å²) in [5.74, 6) is 0. The molecule has 1 atom stereocenters. The molecule has 0 spiro atoms. The van der Waals surface area contributed by atoms with E-state index in [0.29, 0.717) is 6.42 Å². The maximum Gasteiger partial charge on any atom is 0.416 e. The van der Waals surface area contributed by atoms with Crippen LogP contribution in [0.25, 0.3) is 0 Å². The number of hydrogen-bond acceptors (Lipinski definition) is 2. The third-order valence-corrected chi connectivity index (χ3v) is 3.19. The molecule has 1 N–H and O–H groups in total. The Balaban J connectivity index is 2.32. The minimum Gasteiger partial charge on any atom is -0.313 e. The van der Waals surface area contributed by atoms with Gasteiger partial charge in [0.1, 0.15) is 0 Å². The minimum absolute atomic E-state index is 0.256. The lowest BCUT2D eigenvalue weighted by Gasteiger charge is -2.20. The van der Waals surface area contributed by atoms with E-state index < -0.39 is 17.8 Å². The zero-order chi connectivity index (χ0) is 14.8. The average molecular weight is 283 g/mol. The topological polar surface area (TPSA) is 29.9 Å². The monoisotopic (exact) mass is 283 g/mol. The molecule has 0 amide bonds. The summed E-state index contributed by atoms with van der Waals surface area (Å²) in [4.78, 5) is 0. The molecular weight excluding hydrogens is 267 g/mol. The maximum atomic E-state index is 13.0. The van der Waals surface area contributed by atoms with Crippen molar-refractivity contribution < 1.29 is 13.2 Å². The van der Waals surface area contributed by atoms with Gasteiger partial charge in [-0.25, -0.2) is 0 Å². The Morgan fingerprint density at radius 3 is 2.55 bits per heavy atom. The van der Waals surface area contributed by atoms with Crippen molar-refractivity contribution in [2.75, 3.05) is 7.05 Å². The van der Waals surface area contributed by atoms with Gasteiger partial charge in [-0.15, -0.1) is 0 Å².